The van der Waals surface area contributed by atoms with Crippen molar-refractivity contribution in [3.63, 3.8) is 0 Å². The van der Waals surface area contributed by atoms with Gasteiger partial charge >= 0.3 is 41.5 Å². The zero-order valence-corrected chi connectivity index (χ0v) is 10.9. The van der Waals surface area contributed by atoms with Gasteiger partial charge < -0.3 is 14.6 Å². The van der Waals surface area contributed by atoms with E-state index in [2.05, 4.69) is 11.3 Å². The van der Waals surface area contributed by atoms with Crippen molar-refractivity contribution in [3.05, 3.63) is 48.0 Å². The van der Waals surface area contributed by atoms with Crippen molar-refractivity contribution in [1.82, 2.24) is 0 Å². The SMILES string of the molecule is C=CC(=O)C(O)COC(=O)c1ccccc1C(=O)OC.[NaH]. The van der Waals surface area contributed by atoms with Gasteiger partial charge in [0.05, 0.1) is 18.2 Å². The van der Waals surface area contributed by atoms with Gasteiger partial charge in [0, 0.05) is 0 Å². The number of methoxy groups -OCH3 is 1. The van der Waals surface area contributed by atoms with E-state index >= 15 is 0 Å². The van der Waals surface area contributed by atoms with Gasteiger partial charge in [0.2, 0.25) is 0 Å². The van der Waals surface area contributed by atoms with E-state index in [1.165, 1.54) is 19.2 Å². The molecule has 1 N–H and O–H groups in total. The Hall–Kier alpha value is -1.47. The fraction of sp³-hybridized carbons (Fsp3) is 0.214. The van der Waals surface area contributed by atoms with E-state index in [4.69, 9.17) is 4.74 Å². The van der Waals surface area contributed by atoms with E-state index < -0.39 is 30.4 Å². The summed E-state index contributed by atoms with van der Waals surface area (Å²) in [7, 11) is 1.19. The van der Waals surface area contributed by atoms with Gasteiger partial charge in [-0.1, -0.05) is 18.7 Å². The number of hydrogen-bond donors (Lipinski definition) is 1. The molecule has 0 heterocycles. The van der Waals surface area contributed by atoms with Crippen LogP contribution in [-0.4, -0.2) is 72.2 Å². The Morgan fingerprint density at radius 2 is 1.76 bits per heavy atom. The van der Waals surface area contributed by atoms with Gasteiger partial charge in [0.15, 0.2) is 11.9 Å². The van der Waals surface area contributed by atoms with Gasteiger partial charge in [0.1, 0.15) is 6.61 Å². The third-order valence-corrected chi connectivity index (χ3v) is 2.45. The zero-order chi connectivity index (χ0) is 15.1. The number of aliphatic hydroxyl groups is 1. The molecule has 1 aromatic carbocycles. The standard InChI is InChI=1S/C14H14O6.Na.H/c1-3-11(15)12(16)8-20-14(18)10-7-5-4-6-9(10)13(17)19-2;;/h3-7,12,16H,1,8H2,2H3;;. The van der Waals surface area contributed by atoms with Gasteiger partial charge in [-0.2, -0.15) is 0 Å². The van der Waals surface area contributed by atoms with E-state index in [0.717, 1.165) is 6.08 Å². The second-order valence-electron chi connectivity index (χ2n) is 3.76. The van der Waals surface area contributed by atoms with Gasteiger partial charge in [-0.25, -0.2) is 9.59 Å². The van der Waals surface area contributed by atoms with Crippen LogP contribution in [0.4, 0.5) is 0 Å². The number of ketones is 1. The quantitative estimate of drug-likeness (QED) is 0.455. The van der Waals surface area contributed by atoms with Crippen LogP contribution < -0.4 is 0 Å². The van der Waals surface area contributed by atoms with Crippen LogP contribution >= 0.6 is 0 Å². The predicted octanol–water partition coefficient (Wildman–Crippen LogP) is 0.0975. The number of rotatable bonds is 6. The molecule has 6 nitrogen and oxygen atoms in total. The van der Waals surface area contributed by atoms with Crippen molar-refractivity contribution in [2.45, 2.75) is 6.10 Å². The van der Waals surface area contributed by atoms with Crippen LogP contribution in [0, 0.1) is 0 Å². The fourth-order valence-electron chi connectivity index (χ4n) is 1.40. The molecule has 0 bridgehead atoms. The summed E-state index contributed by atoms with van der Waals surface area (Å²) < 4.78 is 9.33. The van der Waals surface area contributed by atoms with Crippen molar-refractivity contribution in [1.29, 1.82) is 0 Å². The molecule has 0 aliphatic heterocycles. The number of carbonyl (C=O) groups is 3. The van der Waals surface area contributed by atoms with Gasteiger partial charge in [-0.3, -0.25) is 4.79 Å². The second-order valence-corrected chi connectivity index (χ2v) is 3.76. The van der Waals surface area contributed by atoms with Gasteiger partial charge in [0.25, 0.3) is 0 Å². The predicted molar refractivity (Wildman–Crippen MR) is 76.4 cm³/mol. The summed E-state index contributed by atoms with van der Waals surface area (Å²) in [5.41, 5.74) is 0.0436. The van der Waals surface area contributed by atoms with Crippen LogP contribution in [0.1, 0.15) is 20.7 Å². The Morgan fingerprint density at radius 3 is 2.24 bits per heavy atom. The normalized spacial score (nSPS) is 10.8. The molecular formula is C14H15NaO6. The summed E-state index contributed by atoms with van der Waals surface area (Å²) in [5.74, 6) is -2.17. The molecule has 7 heteroatoms. The number of ether oxygens (including phenoxy) is 2. The molecule has 0 aliphatic rings. The molecule has 0 spiro atoms. The molecule has 1 atom stereocenters. The Labute approximate surface area is 144 Å². The topological polar surface area (TPSA) is 89.9 Å². The average molecular weight is 302 g/mol. The maximum atomic E-state index is 11.8. The third kappa shape index (κ3) is 5.43. The molecule has 0 saturated carbocycles. The minimum atomic E-state index is -1.47. The van der Waals surface area contributed by atoms with Crippen LogP contribution in [0.25, 0.3) is 0 Å². The molecule has 21 heavy (non-hydrogen) atoms. The Kier molecular flexibility index (Phi) is 8.80. The van der Waals surface area contributed by atoms with Crippen LogP contribution in [0.5, 0.6) is 0 Å². The number of benzene rings is 1. The molecule has 108 valence electrons. The van der Waals surface area contributed by atoms with Crippen molar-refractivity contribution in [3.8, 4) is 0 Å². The summed E-state index contributed by atoms with van der Waals surface area (Å²) in [6.07, 6.45) is -0.539. The Morgan fingerprint density at radius 1 is 1.24 bits per heavy atom. The third-order valence-electron chi connectivity index (χ3n) is 2.45. The van der Waals surface area contributed by atoms with Crippen molar-refractivity contribution < 1.29 is 29.0 Å². The van der Waals surface area contributed by atoms with Gasteiger partial charge in [-0.15, -0.1) is 0 Å². The summed E-state index contributed by atoms with van der Waals surface area (Å²) >= 11 is 0. The molecular weight excluding hydrogens is 287 g/mol. The molecule has 0 fully saturated rings. The van der Waals surface area contributed by atoms with Crippen molar-refractivity contribution in [2.24, 2.45) is 0 Å². The summed E-state index contributed by atoms with van der Waals surface area (Å²) in [5, 5.41) is 9.35. The summed E-state index contributed by atoms with van der Waals surface area (Å²) in [6, 6.07) is 5.91. The Bertz CT molecular complexity index is 540. The summed E-state index contributed by atoms with van der Waals surface area (Å²) in [6.45, 7) is 2.69. The van der Waals surface area contributed by atoms with Gasteiger partial charge in [-0.05, 0) is 18.2 Å². The van der Waals surface area contributed by atoms with E-state index in [0.29, 0.717) is 0 Å². The summed E-state index contributed by atoms with van der Waals surface area (Å²) in [4.78, 5) is 34.4. The fourth-order valence-corrected chi connectivity index (χ4v) is 1.40. The second kappa shape index (κ2) is 9.46. The van der Waals surface area contributed by atoms with Crippen LogP contribution in [0.3, 0.4) is 0 Å². The molecule has 0 aromatic heterocycles. The van der Waals surface area contributed by atoms with E-state index in [-0.39, 0.29) is 40.7 Å². The van der Waals surface area contributed by atoms with Crippen LogP contribution in [0.2, 0.25) is 0 Å². The number of hydrogen-bond acceptors (Lipinski definition) is 6. The van der Waals surface area contributed by atoms with Crippen molar-refractivity contribution in [2.75, 3.05) is 13.7 Å². The minimum absolute atomic E-state index is 0. The van der Waals surface area contributed by atoms with E-state index in [1.807, 2.05) is 0 Å². The van der Waals surface area contributed by atoms with E-state index in [1.54, 1.807) is 12.1 Å². The molecule has 0 amide bonds. The number of esters is 2. The first-order chi connectivity index (χ1) is 9.51. The number of carbonyl (C=O) groups excluding carboxylic acids is 3. The first-order valence-electron chi connectivity index (χ1n) is 5.70. The first kappa shape index (κ1) is 19.5. The first-order valence-corrected chi connectivity index (χ1v) is 5.70. The number of aliphatic hydroxyl groups excluding tert-OH is 1. The van der Waals surface area contributed by atoms with Crippen LogP contribution in [-0.2, 0) is 14.3 Å². The van der Waals surface area contributed by atoms with E-state index in [9.17, 15) is 19.5 Å². The molecule has 0 radical (unpaired) electrons. The van der Waals surface area contributed by atoms with Crippen molar-refractivity contribution >= 4 is 47.3 Å². The zero-order valence-electron chi connectivity index (χ0n) is 10.9. The molecule has 1 rings (SSSR count). The monoisotopic (exact) mass is 302 g/mol. The van der Waals surface area contributed by atoms with Crippen LogP contribution in [0.15, 0.2) is 36.9 Å². The molecule has 0 aliphatic carbocycles. The Balaban J connectivity index is 0.00000400. The molecule has 0 saturated heterocycles. The average Bonchev–Trinajstić information content (AvgIpc) is 2.50. The molecule has 1 aromatic rings. The molecule has 1 unspecified atom stereocenters. The maximum absolute atomic E-state index is 11.8.